The summed E-state index contributed by atoms with van der Waals surface area (Å²) in [7, 11) is -0.677. The Morgan fingerprint density at radius 3 is 2.55 bits per heavy atom. The van der Waals surface area contributed by atoms with Gasteiger partial charge in [0, 0.05) is 20.2 Å². The molecule has 0 aliphatic carbocycles. The predicted octanol–water partition coefficient (Wildman–Crippen LogP) is 1.06. The summed E-state index contributed by atoms with van der Waals surface area (Å²) in [4.78, 5) is 11.8. The third-order valence-corrected chi connectivity index (χ3v) is 5.32. The second kappa shape index (κ2) is 7.08. The Morgan fingerprint density at radius 1 is 1.27 bits per heavy atom. The molecular weight excluding hydrogens is 308 g/mol. The first kappa shape index (κ1) is 16.7. The van der Waals surface area contributed by atoms with E-state index in [0.717, 1.165) is 12.8 Å². The van der Waals surface area contributed by atoms with Crippen molar-refractivity contribution in [2.75, 3.05) is 39.2 Å². The molecule has 0 aromatic heterocycles. The molecule has 2 rings (SSSR count). The molecule has 0 atom stereocenters. The van der Waals surface area contributed by atoms with Crippen LogP contribution in [0.2, 0.25) is 0 Å². The fourth-order valence-electron chi connectivity index (χ4n) is 2.34. The van der Waals surface area contributed by atoms with E-state index in [1.165, 1.54) is 36.7 Å². The Kier molecular flexibility index (Phi) is 5.38. The Hall–Kier alpha value is -1.64. The Bertz CT molecular complexity index is 639. The lowest BCUT2D eigenvalue weighted by atomic mass is 10.3. The Balaban J connectivity index is 2.31. The molecule has 0 saturated carbocycles. The average molecular weight is 328 g/mol. The monoisotopic (exact) mass is 328 g/mol. The molecule has 0 unspecified atom stereocenters. The third-order valence-electron chi connectivity index (χ3n) is 3.42. The first-order valence-corrected chi connectivity index (χ1v) is 8.40. The van der Waals surface area contributed by atoms with Crippen LogP contribution in [0, 0.1) is 0 Å². The molecule has 1 amide bonds. The number of anilines is 1. The fourth-order valence-corrected chi connectivity index (χ4v) is 3.88. The maximum Gasteiger partial charge on any atom is 0.250 e. The van der Waals surface area contributed by atoms with E-state index in [1.54, 1.807) is 0 Å². The minimum absolute atomic E-state index is 0.119. The lowest BCUT2D eigenvalue weighted by Gasteiger charge is -2.17. The number of hydrogen-bond donors (Lipinski definition) is 1. The minimum Gasteiger partial charge on any atom is -0.495 e. The summed E-state index contributed by atoms with van der Waals surface area (Å²) in [6.45, 7) is 0.936. The molecular formula is C14H20N2O5S. The van der Waals surface area contributed by atoms with Crippen LogP contribution in [0.3, 0.4) is 0 Å². The number of hydrogen-bond acceptors (Lipinski definition) is 5. The summed E-state index contributed by atoms with van der Waals surface area (Å²) in [6, 6.07) is 4.43. The van der Waals surface area contributed by atoms with E-state index >= 15 is 0 Å². The highest BCUT2D eigenvalue weighted by Gasteiger charge is 2.28. The van der Waals surface area contributed by atoms with Crippen LogP contribution in [0.4, 0.5) is 5.69 Å². The van der Waals surface area contributed by atoms with E-state index < -0.39 is 10.0 Å². The van der Waals surface area contributed by atoms with Crippen LogP contribution >= 0.6 is 0 Å². The van der Waals surface area contributed by atoms with Gasteiger partial charge in [-0.25, -0.2) is 8.42 Å². The largest absolute Gasteiger partial charge is 0.495 e. The van der Waals surface area contributed by atoms with E-state index in [4.69, 9.17) is 9.47 Å². The number of ether oxygens (including phenoxy) is 2. The second-order valence-electron chi connectivity index (χ2n) is 4.95. The van der Waals surface area contributed by atoms with Gasteiger partial charge in [0.1, 0.15) is 12.4 Å². The normalized spacial score (nSPS) is 15.7. The number of amides is 1. The highest BCUT2D eigenvalue weighted by atomic mass is 32.2. The van der Waals surface area contributed by atoms with Crippen molar-refractivity contribution in [3.63, 3.8) is 0 Å². The molecule has 1 fully saturated rings. The van der Waals surface area contributed by atoms with Crippen LogP contribution in [0.25, 0.3) is 0 Å². The lowest BCUT2D eigenvalue weighted by molar-refractivity contribution is -0.119. The first-order chi connectivity index (χ1) is 10.5. The molecule has 1 aromatic carbocycles. The summed E-state index contributed by atoms with van der Waals surface area (Å²) in [5, 5.41) is 2.59. The molecule has 7 nitrogen and oxygen atoms in total. The van der Waals surface area contributed by atoms with Crippen molar-refractivity contribution < 1.29 is 22.7 Å². The van der Waals surface area contributed by atoms with Crippen molar-refractivity contribution >= 4 is 21.6 Å². The van der Waals surface area contributed by atoms with Gasteiger partial charge in [0.05, 0.1) is 17.7 Å². The predicted molar refractivity (Wildman–Crippen MR) is 81.5 cm³/mol. The average Bonchev–Trinajstić information content (AvgIpc) is 3.02. The van der Waals surface area contributed by atoms with Crippen molar-refractivity contribution in [1.82, 2.24) is 4.31 Å². The van der Waals surface area contributed by atoms with E-state index in [0.29, 0.717) is 24.5 Å². The smallest absolute Gasteiger partial charge is 0.250 e. The Labute approximate surface area is 130 Å². The number of carbonyl (C=O) groups is 1. The van der Waals surface area contributed by atoms with Crippen LogP contribution in [0.5, 0.6) is 5.75 Å². The van der Waals surface area contributed by atoms with Crippen LogP contribution in [0.15, 0.2) is 23.1 Å². The van der Waals surface area contributed by atoms with Crippen LogP contribution in [-0.4, -0.2) is 52.5 Å². The summed E-state index contributed by atoms with van der Waals surface area (Å²) >= 11 is 0. The molecule has 8 heteroatoms. The zero-order valence-electron chi connectivity index (χ0n) is 12.7. The highest BCUT2D eigenvalue weighted by molar-refractivity contribution is 7.89. The number of sulfonamides is 1. The summed E-state index contributed by atoms with van der Waals surface area (Å²) in [6.07, 6.45) is 1.74. The molecule has 0 spiro atoms. The molecule has 1 heterocycles. The van der Waals surface area contributed by atoms with Crippen molar-refractivity contribution in [3.05, 3.63) is 18.2 Å². The van der Waals surface area contributed by atoms with Crippen molar-refractivity contribution in [3.8, 4) is 5.75 Å². The zero-order chi connectivity index (χ0) is 16.2. The Morgan fingerprint density at radius 2 is 1.95 bits per heavy atom. The lowest BCUT2D eigenvalue weighted by Crippen LogP contribution is -2.28. The van der Waals surface area contributed by atoms with Gasteiger partial charge in [-0.05, 0) is 31.0 Å². The highest BCUT2D eigenvalue weighted by Crippen LogP contribution is 2.30. The van der Waals surface area contributed by atoms with E-state index in [-0.39, 0.29) is 17.4 Å². The van der Waals surface area contributed by atoms with E-state index in [9.17, 15) is 13.2 Å². The molecule has 1 aliphatic heterocycles. The van der Waals surface area contributed by atoms with Crippen LogP contribution in [0.1, 0.15) is 12.8 Å². The minimum atomic E-state index is -3.54. The van der Waals surface area contributed by atoms with Gasteiger partial charge in [-0.2, -0.15) is 4.31 Å². The van der Waals surface area contributed by atoms with Gasteiger partial charge < -0.3 is 14.8 Å². The number of rotatable bonds is 6. The van der Waals surface area contributed by atoms with Crippen LogP contribution < -0.4 is 10.1 Å². The van der Waals surface area contributed by atoms with E-state index in [2.05, 4.69) is 5.32 Å². The van der Waals surface area contributed by atoms with Gasteiger partial charge in [0.15, 0.2) is 0 Å². The molecule has 0 bridgehead atoms. The molecule has 0 radical (unpaired) electrons. The number of carbonyl (C=O) groups excluding carboxylic acids is 1. The van der Waals surface area contributed by atoms with Gasteiger partial charge in [0.25, 0.3) is 0 Å². The molecule has 1 saturated heterocycles. The molecule has 1 aliphatic rings. The van der Waals surface area contributed by atoms with Gasteiger partial charge in [-0.3, -0.25) is 4.79 Å². The molecule has 22 heavy (non-hydrogen) atoms. The molecule has 1 N–H and O–H groups in total. The maximum atomic E-state index is 12.5. The standard InChI is InChI=1S/C14H20N2O5S/c1-20-10-14(17)15-12-9-11(5-6-13(12)21-2)22(18,19)16-7-3-4-8-16/h5-6,9H,3-4,7-8,10H2,1-2H3,(H,15,17). The number of benzene rings is 1. The van der Waals surface area contributed by atoms with Gasteiger partial charge in [-0.1, -0.05) is 0 Å². The van der Waals surface area contributed by atoms with E-state index in [1.807, 2.05) is 0 Å². The summed E-state index contributed by atoms with van der Waals surface area (Å²) in [5.74, 6) is 0.0151. The van der Waals surface area contributed by atoms with Crippen molar-refractivity contribution in [2.45, 2.75) is 17.7 Å². The maximum absolute atomic E-state index is 12.5. The number of methoxy groups -OCH3 is 2. The number of nitrogens with one attached hydrogen (secondary N) is 1. The summed E-state index contributed by atoms with van der Waals surface area (Å²) < 4.78 is 36.4. The SMILES string of the molecule is COCC(=O)Nc1cc(S(=O)(=O)N2CCCC2)ccc1OC. The van der Waals surface area contributed by atoms with Gasteiger partial charge in [0.2, 0.25) is 15.9 Å². The second-order valence-corrected chi connectivity index (χ2v) is 6.89. The molecule has 122 valence electrons. The zero-order valence-corrected chi connectivity index (χ0v) is 13.5. The molecule has 1 aromatic rings. The van der Waals surface area contributed by atoms with Crippen molar-refractivity contribution in [2.24, 2.45) is 0 Å². The number of nitrogens with zero attached hydrogens (tertiary/aromatic N) is 1. The van der Waals surface area contributed by atoms with Crippen LogP contribution in [-0.2, 0) is 19.6 Å². The summed E-state index contributed by atoms with van der Waals surface area (Å²) in [5.41, 5.74) is 0.310. The van der Waals surface area contributed by atoms with Gasteiger partial charge >= 0.3 is 0 Å². The first-order valence-electron chi connectivity index (χ1n) is 6.96. The quantitative estimate of drug-likeness (QED) is 0.844. The van der Waals surface area contributed by atoms with Crippen molar-refractivity contribution in [1.29, 1.82) is 0 Å². The topological polar surface area (TPSA) is 84.9 Å². The fraction of sp³-hybridized carbons (Fsp3) is 0.500. The third kappa shape index (κ3) is 3.57. The van der Waals surface area contributed by atoms with Gasteiger partial charge in [-0.15, -0.1) is 0 Å².